The van der Waals surface area contributed by atoms with E-state index in [0.29, 0.717) is 0 Å². The van der Waals surface area contributed by atoms with Gasteiger partial charge in [-0.05, 0) is 0 Å². The number of nitrogens with one attached hydrogen (secondary N) is 1. The second-order valence-corrected chi connectivity index (χ2v) is 2.00. The zero-order valence-corrected chi connectivity index (χ0v) is 5.97. The summed E-state index contributed by atoms with van der Waals surface area (Å²) in [5.74, 6) is 0.0180. The van der Waals surface area contributed by atoms with Crippen LogP contribution in [-0.4, -0.2) is 17.3 Å². The van der Waals surface area contributed by atoms with Crippen molar-refractivity contribution in [3.8, 4) is 5.88 Å². The number of nitrogens with zero attached hydrogens (tertiary/aromatic N) is 1. The third-order valence-electron chi connectivity index (χ3n) is 0.926. The summed E-state index contributed by atoms with van der Waals surface area (Å²) < 4.78 is 4.59. The fourth-order valence-electron chi connectivity index (χ4n) is 0.515. The van der Waals surface area contributed by atoms with Gasteiger partial charge in [0, 0.05) is 6.07 Å². The number of methoxy groups -OCH3 is 1. The van der Waals surface area contributed by atoms with Crippen molar-refractivity contribution in [3.05, 3.63) is 21.4 Å². The maximum Gasteiger partial charge on any atom is 0.279 e. The predicted molar refractivity (Wildman–Crippen MR) is 36.4 cm³/mol. The van der Waals surface area contributed by atoms with Crippen LogP contribution in [0.1, 0.15) is 0 Å². The van der Waals surface area contributed by atoms with Gasteiger partial charge in [-0.3, -0.25) is 9.89 Å². The summed E-state index contributed by atoms with van der Waals surface area (Å²) in [4.78, 5) is 10.8. The van der Waals surface area contributed by atoms with Crippen LogP contribution in [0.25, 0.3) is 0 Å². The summed E-state index contributed by atoms with van der Waals surface area (Å²) in [6.07, 6.45) is 0. The van der Waals surface area contributed by atoms with Gasteiger partial charge in [-0.1, -0.05) is 11.6 Å². The molecule has 1 aromatic heterocycles. The molecule has 1 heterocycles. The smallest absolute Gasteiger partial charge is 0.279 e. The molecule has 0 aromatic carbocycles. The van der Waals surface area contributed by atoms with Crippen LogP contribution in [0.5, 0.6) is 5.88 Å². The Balaban J connectivity index is 3.20. The minimum Gasteiger partial charge on any atom is -0.477 e. The summed E-state index contributed by atoms with van der Waals surface area (Å²) in [6, 6.07) is 1.20. The first kappa shape index (κ1) is 7.08. The summed E-state index contributed by atoms with van der Waals surface area (Å²) in [6.45, 7) is 0. The summed E-state index contributed by atoms with van der Waals surface area (Å²) in [7, 11) is 1.37. The van der Waals surface area contributed by atoms with E-state index in [1.165, 1.54) is 13.2 Å². The Bertz CT molecular complexity index is 283. The number of ether oxygens (including phenoxy) is 1. The minimum absolute atomic E-state index is 0.0180. The normalized spacial score (nSPS) is 9.40. The van der Waals surface area contributed by atoms with Crippen LogP contribution in [-0.2, 0) is 0 Å². The Morgan fingerprint density at radius 2 is 2.50 bits per heavy atom. The summed E-state index contributed by atoms with van der Waals surface area (Å²) >= 11 is 5.40. The number of rotatable bonds is 1. The number of halogens is 1. The lowest BCUT2D eigenvalue weighted by molar-refractivity contribution is 0.387. The van der Waals surface area contributed by atoms with Crippen molar-refractivity contribution in [2.45, 2.75) is 0 Å². The maximum absolute atomic E-state index is 10.8. The lowest BCUT2D eigenvalue weighted by Gasteiger charge is -1.94. The van der Waals surface area contributed by atoms with Crippen LogP contribution in [0, 0.1) is 0 Å². The van der Waals surface area contributed by atoms with E-state index in [2.05, 4.69) is 14.9 Å². The molecule has 1 rings (SSSR count). The van der Waals surface area contributed by atoms with E-state index >= 15 is 0 Å². The second-order valence-electron chi connectivity index (χ2n) is 1.59. The molecule has 0 aliphatic carbocycles. The number of aromatic amines is 1. The molecule has 0 amide bonds. The van der Waals surface area contributed by atoms with Gasteiger partial charge in [-0.25, -0.2) is 0 Å². The highest BCUT2D eigenvalue weighted by Gasteiger charge is 1.98. The van der Waals surface area contributed by atoms with Crippen molar-refractivity contribution in [2.75, 3.05) is 7.11 Å². The SMILES string of the molecule is COc1n[nH]c(Cl)cc1=O. The van der Waals surface area contributed by atoms with E-state index in [-0.39, 0.29) is 16.5 Å². The van der Waals surface area contributed by atoms with Gasteiger partial charge >= 0.3 is 0 Å². The van der Waals surface area contributed by atoms with Crippen LogP contribution in [0.4, 0.5) is 0 Å². The Hall–Kier alpha value is -1.03. The minimum atomic E-state index is -0.328. The van der Waals surface area contributed by atoms with Crippen molar-refractivity contribution in [3.63, 3.8) is 0 Å². The topological polar surface area (TPSA) is 55.0 Å². The number of hydrogen-bond donors (Lipinski definition) is 1. The monoisotopic (exact) mass is 160 g/mol. The molecule has 0 saturated heterocycles. The van der Waals surface area contributed by atoms with E-state index in [4.69, 9.17) is 11.6 Å². The molecular formula is C5H5ClN2O2. The van der Waals surface area contributed by atoms with Gasteiger partial charge in [0.2, 0.25) is 5.43 Å². The quantitative estimate of drug-likeness (QED) is 0.648. The van der Waals surface area contributed by atoms with E-state index in [0.717, 1.165) is 0 Å². The molecular weight excluding hydrogens is 156 g/mol. The molecule has 54 valence electrons. The molecule has 0 aliphatic heterocycles. The second kappa shape index (κ2) is 2.70. The highest BCUT2D eigenvalue weighted by molar-refractivity contribution is 6.29. The van der Waals surface area contributed by atoms with Gasteiger partial charge in [0.25, 0.3) is 5.88 Å². The molecule has 4 nitrogen and oxygen atoms in total. The molecule has 0 radical (unpaired) electrons. The number of aromatic nitrogens is 2. The molecule has 1 aromatic rings. The standard InChI is InChI=1S/C5H5ClN2O2/c1-10-5-3(9)2-4(6)7-8-5/h2H,1H3,(H,7,9). The van der Waals surface area contributed by atoms with Crippen LogP contribution < -0.4 is 10.2 Å². The highest BCUT2D eigenvalue weighted by atomic mass is 35.5. The molecule has 0 spiro atoms. The van der Waals surface area contributed by atoms with E-state index < -0.39 is 0 Å². The third kappa shape index (κ3) is 1.27. The van der Waals surface area contributed by atoms with E-state index in [9.17, 15) is 4.79 Å². The molecule has 0 atom stereocenters. The predicted octanol–water partition coefficient (Wildman–Crippen LogP) is 0.432. The lowest BCUT2D eigenvalue weighted by atomic mass is 10.5. The van der Waals surface area contributed by atoms with Crippen molar-refractivity contribution < 1.29 is 4.74 Å². The average Bonchev–Trinajstić information content (AvgIpc) is 1.88. The third-order valence-corrected chi connectivity index (χ3v) is 1.12. The van der Waals surface area contributed by atoms with Crippen molar-refractivity contribution >= 4 is 11.6 Å². The van der Waals surface area contributed by atoms with Gasteiger partial charge in [0.15, 0.2) is 0 Å². The van der Waals surface area contributed by atoms with Crippen LogP contribution >= 0.6 is 11.6 Å². The van der Waals surface area contributed by atoms with Gasteiger partial charge in [0.05, 0.1) is 7.11 Å². The van der Waals surface area contributed by atoms with Crippen molar-refractivity contribution in [2.24, 2.45) is 0 Å². The first-order chi connectivity index (χ1) is 4.74. The van der Waals surface area contributed by atoms with Crippen molar-refractivity contribution in [1.82, 2.24) is 10.2 Å². The molecule has 0 saturated carbocycles. The largest absolute Gasteiger partial charge is 0.477 e. The van der Waals surface area contributed by atoms with Gasteiger partial charge in [0.1, 0.15) is 5.15 Å². The summed E-state index contributed by atoms with van der Waals surface area (Å²) in [5, 5.41) is 6.09. The Labute approximate surface area is 61.8 Å². The van der Waals surface area contributed by atoms with Crippen LogP contribution in [0.2, 0.25) is 5.15 Å². The Morgan fingerprint density at radius 3 is 3.00 bits per heavy atom. The highest BCUT2D eigenvalue weighted by Crippen LogP contribution is 1.99. The number of H-pyrrole nitrogens is 1. The fourth-order valence-corrected chi connectivity index (χ4v) is 0.656. The zero-order chi connectivity index (χ0) is 7.56. The number of hydrogen-bond acceptors (Lipinski definition) is 3. The molecule has 0 bridgehead atoms. The van der Waals surface area contributed by atoms with Crippen LogP contribution in [0.3, 0.4) is 0 Å². The van der Waals surface area contributed by atoms with Crippen LogP contribution in [0.15, 0.2) is 10.9 Å². The maximum atomic E-state index is 10.8. The molecule has 1 N–H and O–H groups in total. The molecule has 10 heavy (non-hydrogen) atoms. The lowest BCUT2D eigenvalue weighted by Crippen LogP contribution is -2.07. The van der Waals surface area contributed by atoms with Crippen molar-refractivity contribution in [1.29, 1.82) is 0 Å². The Morgan fingerprint density at radius 1 is 1.80 bits per heavy atom. The van der Waals surface area contributed by atoms with E-state index in [1.54, 1.807) is 0 Å². The summed E-state index contributed by atoms with van der Waals surface area (Å²) in [5.41, 5.74) is -0.328. The molecule has 0 unspecified atom stereocenters. The molecule has 0 fully saturated rings. The molecule has 5 heteroatoms. The Kier molecular flexibility index (Phi) is 1.91. The van der Waals surface area contributed by atoms with Gasteiger partial charge < -0.3 is 4.74 Å². The van der Waals surface area contributed by atoms with Gasteiger partial charge in [-0.15, -0.1) is 5.10 Å². The first-order valence-corrected chi connectivity index (χ1v) is 2.91. The zero-order valence-electron chi connectivity index (χ0n) is 5.22. The first-order valence-electron chi connectivity index (χ1n) is 2.53. The fraction of sp³-hybridized carbons (Fsp3) is 0.200. The van der Waals surface area contributed by atoms with E-state index in [1.807, 2.05) is 0 Å². The van der Waals surface area contributed by atoms with Gasteiger partial charge in [-0.2, -0.15) is 0 Å². The average molecular weight is 161 g/mol. The molecule has 0 aliphatic rings.